The fourth-order valence-electron chi connectivity index (χ4n) is 2.48. The van der Waals surface area contributed by atoms with Crippen molar-refractivity contribution in [3.8, 4) is 0 Å². The van der Waals surface area contributed by atoms with E-state index in [0.717, 1.165) is 48.7 Å². The van der Waals surface area contributed by atoms with Crippen LogP contribution in [-0.2, 0) is 12.8 Å². The number of pyridine rings is 1. The molecule has 0 unspecified atom stereocenters. The lowest BCUT2D eigenvalue weighted by Crippen LogP contribution is -2.10. The van der Waals surface area contributed by atoms with E-state index in [1.54, 1.807) is 24.3 Å². The number of aromatic nitrogens is 1. The second-order valence-electron chi connectivity index (χ2n) is 4.99. The van der Waals surface area contributed by atoms with Gasteiger partial charge in [-0.2, -0.15) is 0 Å². The third kappa shape index (κ3) is 2.93. The predicted molar refractivity (Wildman–Crippen MR) is 78.4 cm³/mol. The van der Waals surface area contributed by atoms with E-state index in [2.05, 4.69) is 4.98 Å². The second-order valence-corrected chi connectivity index (χ2v) is 6.02. The zero-order valence-electron chi connectivity index (χ0n) is 11.3. The van der Waals surface area contributed by atoms with Crippen LogP contribution < -0.4 is 0 Å². The maximum atomic E-state index is 13.8. The van der Waals surface area contributed by atoms with Gasteiger partial charge in [-0.25, -0.2) is 14.2 Å². The van der Waals surface area contributed by atoms with E-state index in [1.165, 1.54) is 6.07 Å². The van der Waals surface area contributed by atoms with Gasteiger partial charge >= 0.3 is 5.97 Å². The molecule has 1 aliphatic carbocycles. The van der Waals surface area contributed by atoms with Gasteiger partial charge in [0, 0.05) is 10.6 Å². The molecule has 0 saturated carbocycles. The van der Waals surface area contributed by atoms with Gasteiger partial charge in [0.15, 0.2) is 0 Å². The molecule has 1 aliphatic rings. The van der Waals surface area contributed by atoms with Crippen molar-refractivity contribution in [1.29, 1.82) is 0 Å². The average molecular weight is 303 g/mol. The molecule has 21 heavy (non-hydrogen) atoms. The lowest BCUT2D eigenvalue weighted by atomic mass is 9.95. The number of hydrogen-bond donors (Lipinski definition) is 1. The molecule has 3 nitrogen and oxygen atoms in total. The molecule has 0 amide bonds. The van der Waals surface area contributed by atoms with E-state index in [-0.39, 0.29) is 11.4 Å². The number of aryl methyl sites for hydroxylation is 2. The van der Waals surface area contributed by atoms with E-state index in [1.807, 2.05) is 0 Å². The first-order valence-electron chi connectivity index (χ1n) is 6.83. The molecule has 0 atom stereocenters. The van der Waals surface area contributed by atoms with Gasteiger partial charge in [-0.1, -0.05) is 23.9 Å². The highest BCUT2D eigenvalue weighted by Crippen LogP contribution is 2.33. The number of carbonyl (C=O) groups is 1. The summed E-state index contributed by atoms with van der Waals surface area (Å²) in [6.45, 7) is 0. The zero-order chi connectivity index (χ0) is 14.8. The second kappa shape index (κ2) is 5.85. The molecule has 0 saturated heterocycles. The van der Waals surface area contributed by atoms with Gasteiger partial charge in [-0.05, 0) is 49.4 Å². The van der Waals surface area contributed by atoms with Gasteiger partial charge < -0.3 is 5.11 Å². The van der Waals surface area contributed by atoms with Crippen molar-refractivity contribution < 1.29 is 14.3 Å². The van der Waals surface area contributed by atoms with Crippen LogP contribution in [-0.4, -0.2) is 16.1 Å². The highest BCUT2D eigenvalue weighted by Gasteiger charge is 2.20. The number of benzene rings is 1. The number of fused-ring (bicyclic) bond motifs is 1. The number of hydrogen-bond acceptors (Lipinski definition) is 3. The third-order valence-electron chi connectivity index (χ3n) is 3.54. The fraction of sp³-hybridized carbons (Fsp3) is 0.250. The Hall–Kier alpha value is -1.88. The Morgan fingerprint density at radius 3 is 2.76 bits per heavy atom. The molecule has 0 fully saturated rings. The van der Waals surface area contributed by atoms with Gasteiger partial charge in [0.05, 0.1) is 5.56 Å². The van der Waals surface area contributed by atoms with Gasteiger partial charge in [-0.15, -0.1) is 0 Å². The Morgan fingerprint density at radius 1 is 1.24 bits per heavy atom. The Kier molecular flexibility index (Phi) is 3.92. The number of rotatable bonds is 3. The van der Waals surface area contributed by atoms with Crippen molar-refractivity contribution in [2.24, 2.45) is 0 Å². The van der Waals surface area contributed by atoms with Crippen LogP contribution in [0.4, 0.5) is 4.39 Å². The number of carboxylic acids is 1. The summed E-state index contributed by atoms with van der Waals surface area (Å²) in [5.41, 5.74) is 2.12. The first-order valence-corrected chi connectivity index (χ1v) is 7.65. The predicted octanol–water partition coefficient (Wildman–Crippen LogP) is 3.95. The summed E-state index contributed by atoms with van der Waals surface area (Å²) in [7, 11) is 0. The molecule has 1 heterocycles. The van der Waals surface area contributed by atoms with Gasteiger partial charge in [0.25, 0.3) is 0 Å². The highest BCUT2D eigenvalue weighted by molar-refractivity contribution is 7.99. The number of nitrogens with zero attached hydrogens (tertiary/aromatic N) is 1. The summed E-state index contributed by atoms with van der Waals surface area (Å²) >= 11 is 1.08. The van der Waals surface area contributed by atoms with E-state index in [0.29, 0.717) is 9.92 Å². The molecule has 0 aliphatic heterocycles. The largest absolute Gasteiger partial charge is 0.478 e. The molecular weight excluding hydrogens is 289 g/mol. The number of aromatic carboxylic acids is 1. The maximum Gasteiger partial charge on any atom is 0.338 e. The van der Waals surface area contributed by atoms with E-state index >= 15 is 0 Å². The summed E-state index contributed by atoms with van der Waals surface area (Å²) in [5.74, 6) is -1.38. The minimum atomic E-state index is -1.02. The fourth-order valence-corrected chi connectivity index (χ4v) is 3.41. The molecule has 108 valence electrons. The molecule has 3 rings (SSSR count). The topological polar surface area (TPSA) is 50.2 Å². The Labute approximate surface area is 126 Å². The molecule has 5 heteroatoms. The lowest BCUT2D eigenvalue weighted by molar-refractivity contribution is 0.0692. The van der Waals surface area contributed by atoms with Gasteiger partial charge in [0.2, 0.25) is 0 Å². The summed E-state index contributed by atoms with van der Waals surface area (Å²) in [5, 5.41) is 9.74. The summed E-state index contributed by atoms with van der Waals surface area (Å²) in [6, 6.07) is 8.03. The van der Waals surface area contributed by atoms with Gasteiger partial charge in [0.1, 0.15) is 10.8 Å². The van der Waals surface area contributed by atoms with Crippen LogP contribution in [0.3, 0.4) is 0 Å². The summed E-state index contributed by atoms with van der Waals surface area (Å²) in [6.07, 6.45) is 3.86. The smallest absolute Gasteiger partial charge is 0.338 e. The first kappa shape index (κ1) is 14.1. The summed E-state index contributed by atoms with van der Waals surface area (Å²) in [4.78, 5) is 16.3. The van der Waals surface area contributed by atoms with Crippen LogP contribution in [0, 0.1) is 5.82 Å². The van der Waals surface area contributed by atoms with Crippen molar-refractivity contribution in [1.82, 2.24) is 4.98 Å². The SMILES string of the molecule is O=C(O)c1cc2c(nc1Sc1ccccc1F)CCCC2. The normalized spacial score (nSPS) is 13.8. The van der Waals surface area contributed by atoms with Crippen LogP contribution in [0.1, 0.15) is 34.5 Å². The minimum absolute atomic E-state index is 0.156. The van der Waals surface area contributed by atoms with E-state index < -0.39 is 5.97 Å². The van der Waals surface area contributed by atoms with Crippen molar-refractivity contribution >= 4 is 17.7 Å². The van der Waals surface area contributed by atoms with Crippen molar-refractivity contribution in [2.45, 2.75) is 35.6 Å². The Morgan fingerprint density at radius 2 is 2.00 bits per heavy atom. The van der Waals surface area contributed by atoms with Crippen molar-refractivity contribution in [2.75, 3.05) is 0 Å². The average Bonchev–Trinajstić information content (AvgIpc) is 2.48. The monoisotopic (exact) mass is 303 g/mol. The maximum absolute atomic E-state index is 13.8. The van der Waals surface area contributed by atoms with E-state index in [4.69, 9.17) is 0 Å². The quantitative estimate of drug-likeness (QED) is 0.933. The molecule has 1 aromatic heterocycles. The van der Waals surface area contributed by atoms with Crippen LogP contribution >= 0.6 is 11.8 Å². The number of carboxylic acid groups (broad SMARTS) is 1. The van der Waals surface area contributed by atoms with E-state index in [9.17, 15) is 14.3 Å². The molecule has 1 aromatic carbocycles. The van der Waals surface area contributed by atoms with Crippen molar-refractivity contribution in [3.63, 3.8) is 0 Å². The molecule has 2 aromatic rings. The van der Waals surface area contributed by atoms with Crippen LogP contribution in [0.25, 0.3) is 0 Å². The number of halogens is 1. The molecule has 0 bridgehead atoms. The van der Waals surface area contributed by atoms with Crippen LogP contribution in [0.15, 0.2) is 40.3 Å². The van der Waals surface area contributed by atoms with Crippen molar-refractivity contribution in [3.05, 3.63) is 53.0 Å². The standard InChI is InChI=1S/C16H14FNO2S/c17-12-6-2-4-8-14(12)21-15-11(16(19)20)9-10-5-1-3-7-13(10)18-15/h2,4,6,8-9H,1,3,5,7H2,(H,19,20). The molecular formula is C16H14FNO2S. The molecule has 0 radical (unpaired) electrons. The highest BCUT2D eigenvalue weighted by atomic mass is 32.2. The lowest BCUT2D eigenvalue weighted by Gasteiger charge is -2.17. The zero-order valence-corrected chi connectivity index (χ0v) is 12.1. The first-order chi connectivity index (χ1) is 10.1. The summed E-state index contributed by atoms with van der Waals surface area (Å²) < 4.78 is 13.8. The van der Waals surface area contributed by atoms with Crippen LogP contribution in [0.5, 0.6) is 0 Å². The van der Waals surface area contributed by atoms with Gasteiger partial charge in [-0.3, -0.25) is 0 Å². The Bertz CT molecular complexity index is 703. The Balaban J connectivity index is 2.04. The third-order valence-corrected chi connectivity index (χ3v) is 4.60. The van der Waals surface area contributed by atoms with Crippen LogP contribution in [0.2, 0.25) is 0 Å². The minimum Gasteiger partial charge on any atom is -0.478 e. The molecule has 1 N–H and O–H groups in total. The molecule has 0 spiro atoms.